The largest absolute Gasteiger partial charge is 0.388 e. The summed E-state index contributed by atoms with van der Waals surface area (Å²) < 4.78 is 0. The molecule has 5 heteroatoms. The highest BCUT2D eigenvalue weighted by molar-refractivity contribution is 7.99. The van der Waals surface area contributed by atoms with Crippen LogP contribution in [-0.2, 0) is 6.42 Å². The van der Waals surface area contributed by atoms with Crippen LogP contribution in [-0.4, -0.2) is 29.8 Å². The third-order valence-electron chi connectivity index (χ3n) is 5.49. The maximum atomic E-state index is 9.61. The van der Waals surface area contributed by atoms with E-state index in [2.05, 4.69) is 66.4 Å². The van der Waals surface area contributed by atoms with Gasteiger partial charge in [-0.3, -0.25) is 4.99 Å². The average Bonchev–Trinajstić information content (AvgIpc) is 2.73. The third-order valence-corrected chi connectivity index (χ3v) is 6.49. The molecule has 30 heavy (non-hydrogen) atoms. The summed E-state index contributed by atoms with van der Waals surface area (Å²) in [5.41, 5.74) is 5.23. The van der Waals surface area contributed by atoms with Crippen molar-refractivity contribution in [3.63, 3.8) is 0 Å². The standard InChI is InChI=1S/C25H30N2O2S/c1-17-7-9-21(10-8-17)30-22-11-12-24-19(15-22)5-4-6-20(24)16-27-18(2)23(25(28)29)13-14-26-3/h7-15,20,25,27-29H,3-6,16H2,1-2H3/b14-13-,23-18-/t20-/m0/s1. The van der Waals surface area contributed by atoms with Gasteiger partial charge in [0.05, 0.1) is 0 Å². The van der Waals surface area contributed by atoms with Gasteiger partial charge in [0.15, 0.2) is 6.29 Å². The summed E-state index contributed by atoms with van der Waals surface area (Å²) in [6.07, 6.45) is 4.88. The number of allylic oxidation sites excluding steroid dienone is 1. The van der Waals surface area contributed by atoms with Crippen LogP contribution in [0.15, 0.2) is 80.8 Å². The molecule has 0 saturated carbocycles. The molecule has 0 saturated heterocycles. The van der Waals surface area contributed by atoms with Crippen molar-refractivity contribution in [1.29, 1.82) is 0 Å². The molecule has 1 aliphatic rings. The molecular formula is C25H30N2O2S. The fourth-order valence-corrected chi connectivity index (χ4v) is 4.71. The van der Waals surface area contributed by atoms with Crippen molar-refractivity contribution in [2.45, 2.75) is 55.1 Å². The minimum Gasteiger partial charge on any atom is -0.388 e. The molecule has 2 aromatic rings. The van der Waals surface area contributed by atoms with Crippen LogP contribution in [0.1, 0.15) is 42.4 Å². The highest BCUT2D eigenvalue weighted by atomic mass is 32.2. The van der Waals surface area contributed by atoms with Crippen LogP contribution >= 0.6 is 11.8 Å². The normalized spacial score (nSPS) is 17.0. The number of benzene rings is 2. The number of aryl methyl sites for hydroxylation is 2. The van der Waals surface area contributed by atoms with Crippen LogP contribution in [0.3, 0.4) is 0 Å². The molecule has 0 bridgehead atoms. The molecule has 0 unspecified atom stereocenters. The van der Waals surface area contributed by atoms with Crippen molar-refractivity contribution in [1.82, 2.24) is 5.32 Å². The van der Waals surface area contributed by atoms with Gasteiger partial charge in [-0.1, -0.05) is 35.5 Å². The van der Waals surface area contributed by atoms with Crippen LogP contribution in [0.5, 0.6) is 0 Å². The average molecular weight is 423 g/mol. The maximum Gasteiger partial charge on any atom is 0.180 e. The lowest BCUT2D eigenvalue weighted by molar-refractivity contribution is -0.00591. The van der Waals surface area contributed by atoms with Crippen molar-refractivity contribution in [3.8, 4) is 0 Å². The van der Waals surface area contributed by atoms with Crippen LogP contribution in [0.25, 0.3) is 0 Å². The van der Waals surface area contributed by atoms with Crippen LogP contribution in [0.2, 0.25) is 0 Å². The first kappa shape index (κ1) is 22.3. The van der Waals surface area contributed by atoms with E-state index in [1.807, 2.05) is 6.92 Å². The van der Waals surface area contributed by atoms with E-state index in [9.17, 15) is 10.2 Å². The summed E-state index contributed by atoms with van der Waals surface area (Å²) in [6, 6.07) is 15.4. The lowest BCUT2D eigenvalue weighted by Crippen LogP contribution is -2.25. The first-order valence-corrected chi connectivity index (χ1v) is 11.1. The predicted molar refractivity (Wildman–Crippen MR) is 125 cm³/mol. The Balaban J connectivity index is 1.72. The fourth-order valence-electron chi connectivity index (χ4n) is 3.83. The molecule has 3 N–H and O–H groups in total. The zero-order valence-corrected chi connectivity index (χ0v) is 18.5. The van der Waals surface area contributed by atoms with Gasteiger partial charge in [0.1, 0.15) is 0 Å². The molecule has 4 nitrogen and oxygen atoms in total. The monoisotopic (exact) mass is 422 g/mol. The van der Waals surface area contributed by atoms with E-state index in [4.69, 9.17) is 0 Å². The first-order chi connectivity index (χ1) is 14.5. The summed E-state index contributed by atoms with van der Waals surface area (Å²) in [5.74, 6) is 0.403. The molecule has 0 aliphatic heterocycles. The lowest BCUT2D eigenvalue weighted by atomic mass is 9.83. The molecule has 158 valence electrons. The van der Waals surface area contributed by atoms with E-state index in [0.717, 1.165) is 31.5 Å². The fraction of sp³-hybridized carbons (Fsp3) is 0.320. The van der Waals surface area contributed by atoms with Crippen molar-refractivity contribution in [3.05, 3.63) is 82.7 Å². The Bertz CT molecular complexity index is 933. The highest BCUT2D eigenvalue weighted by Gasteiger charge is 2.21. The number of hydrogen-bond donors (Lipinski definition) is 3. The van der Waals surface area contributed by atoms with E-state index in [1.165, 1.54) is 32.7 Å². The smallest absolute Gasteiger partial charge is 0.180 e. The molecule has 0 radical (unpaired) electrons. The topological polar surface area (TPSA) is 64.9 Å². The molecule has 0 heterocycles. The second-order valence-corrected chi connectivity index (χ2v) is 8.85. The van der Waals surface area contributed by atoms with Crippen molar-refractivity contribution >= 4 is 18.5 Å². The SMILES string of the molecule is C=N/C=C\C(=C(/C)NC[C@@H]1CCCc2cc(Sc3ccc(C)cc3)ccc21)C(O)O. The van der Waals surface area contributed by atoms with E-state index in [1.54, 1.807) is 17.8 Å². The molecule has 0 amide bonds. The number of aliphatic imine (C=N–C) groups is 1. The number of fused-ring (bicyclic) bond motifs is 1. The predicted octanol–water partition coefficient (Wildman–Crippen LogP) is 4.95. The van der Waals surface area contributed by atoms with Gasteiger partial charge >= 0.3 is 0 Å². The maximum absolute atomic E-state index is 9.61. The molecule has 0 aromatic heterocycles. The Morgan fingerprint density at radius 2 is 1.97 bits per heavy atom. The van der Waals surface area contributed by atoms with Gasteiger partial charge in [-0.05, 0) is 81.3 Å². The number of aliphatic hydroxyl groups excluding tert-OH is 1. The van der Waals surface area contributed by atoms with Gasteiger partial charge in [0.25, 0.3) is 0 Å². The van der Waals surface area contributed by atoms with Crippen LogP contribution in [0.4, 0.5) is 0 Å². The number of rotatable bonds is 8. The van der Waals surface area contributed by atoms with E-state index < -0.39 is 6.29 Å². The van der Waals surface area contributed by atoms with E-state index >= 15 is 0 Å². The van der Waals surface area contributed by atoms with Crippen molar-refractivity contribution in [2.75, 3.05) is 6.54 Å². The molecule has 1 atom stereocenters. The van der Waals surface area contributed by atoms with Gasteiger partial charge in [-0.2, -0.15) is 0 Å². The Kier molecular flexibility index (Phi) is 7.91. The van der Waals surface area contributed by atoms with Gasteiger partial charge < -0.3 is 15.5 Å². The minimum absolute atomic E-state index is 0.403. The Morgan fingerprint density at radius 3 is 2.67 bits per heavy atom. The minimum atomic E-state index is -1.55. The molecular weight excluding hydrogens is 392 g/mol. The van der Waals surface area contributed by atoms with Crippen molar-refractivity contribution in [2.24, 2.45) is 4.99 Å². The Hall–Kier alpha value is -2.34. The highest BCUT2D eigenvalue weighted by Crippen LogP contribution is 2.36. The third kappa shape index (κ3) is 5.85. The van der Waals surface area contributed by atoms with Gasteiger partial charge in [-0.15, -0.1) is 0 Å². The van der Waals surface area contributed by atoms with Crippen molar-refractivity contribution < 1.29 is 10.2 Å². The Morgan fingerprint density at radius 1 is 1.23 bits per heavy atom. The zero-order valence-electron chi connectivity index (χ0n) is 17.6. The molecule has 0 spiro atoms. The summed E-state index contributed by atoms with van der Waals surface area (Å²) in [4.78, 5) is 6.18. The summed E-state index contributed by atoms with van der Waals surface area (Å²) in [6.45, 7) is 8.11. The number of nitrogens with zero attached hydrogens (tertiary/aromatic N) is 1. The van der Waals surface area contributed by atoms with Crippen LogP contribution in [0, 0.1) is 6.92 Å². The lowest BCUT2D eigenvalue weighted by Gasteiger charge is -2.27. The molecule has 2 aromatic carbocycles. The molecule has 1 aliphatic carbocycles. The quantitative estimate of drug-likeness (QED) is 0.320. The summed E-state index contributed by atoms with van der Waals surface area (Å²) in [5, 5.41) is 22.6. The summed E-state index contributed by atoms with van der Waals surface area (Å²) >= 11 is 1.80. The van der Waals surface area contributed by atoms with E-state index in [0.29, 0.717) is 11.5 Å². The number of aliphatic hydroxyl groups is 2. The zero-order chi connectivity index (χ0) is 21.5. The second kappa shape index (κ2) is 10.6. The van der Waals surface area contributed by atoms with Gasteiger partial charge in [0, 0.05) is 39.7 Å². The molecule has 0 fully saturated rings. The molecule has 3 rings (SSSR count). The van der Waals surface area contributed by atoms with Gasteiger partial charge in [0.2, 0.25) is 0 Å². The first-order valence-electron chi connectivity index (χ1n) is 10.3. The number of hydrogen-bond acceptors (Lipinski definition) is 5. The van der Waals surface area contributed by atoms with Crippen LogP contribution < -0.4 is 5.32 Å². The number of nitrogens with one attached hydrogen (secondary N) is 1. The summed E-state index contributed by atoms with van der Waals surface area (Å²) in [7, 11) is 0. The Labute approximate surface area is 183 Å². The van der Waals surface area contributed by atoms with Gasteiger partial charge in [-0.25, -0.2) is 0 Å². The second-order valence-electron chi connectivity index (χ2n) is 7.70. The van der Waals surface area contributed by atoms with E-state index in [-0.39, 0.29) is 0 Å².